The lowest BCUT2D eigenvalue weighted by atomic mass is 10.0. The predicted octanol–water partition coefficient (Wildman–Crippen LogP) is 3.69. The number of piperidine rings is 1. The van der Waals surface area contributed by atoms with Gasteiger partial charge in [-0.05, 0) is 45.3 Å². The van der Waals surface area contributed by atoms with Crippen LogP contribution < -0.4 is 10.6 Å². The molecule has 1 saturated heterocycles. The number of hydrogen-bond donors (Lipinski definition) is 2. The third-order valence-electron chi connectivity index (χ3n) is 5.69. The highest BCUT2D eigenvalue weighted by Gasteiger charge is 2.41. The average molecular weight is 442 g/mol. The minimum absolute atomic E-state index is 0.143. The van der Waals surface area contributed by atoms with Crippen molar-refractivity contribution >= 4 is 22.9 Å². The summed E-state index contributed by atoms with van der Waals surface area (Å²) in [5.74, 6) is 0.239. The van der Waals surface area contributed by atoms with E-state index in [2.05, 4.69) is 15.7 Å². The number of aryl methyl sites for hydroxylation is 1. The molecule has 2 fully saturated rings. The minimum atomic E-state index is -4.12. The molecule has 2 unspecified atom stereocenters. The van der Waals surface area contributed by atoms with Crippen LogP contribution in [0.3, 0.4) is 0 Å². The van der Waals surface area contributed by atoms with Gasteiger partial charge in [-0.25, -0.2) is 0 Å². The molecule has 6 nitrogen and oxygen atoms in total. The molecule has 164 valence electrons. The van der Waals surface area contributed by atoms with E-state index in [1.165, 1.54) is 9.78 Å². The first kappa shape index (κ1) is 21.3. The summed E-state index contributed by atoms with van der Waals surface area (Å²) in [5, 5.41) is 12.5. The van der Waals surface area contributed by atoms with Crippen molar-refractivity contribution in [1.82, 2.24) is 20.0 Å². The maximum atomic E-state index is 12.5. The Balaban J connectivity index is 1.23. The van der Waals surface area contributed by atoms with Crippen molar-refractivity contribution in [3.05, 3.63) is 34.3 Å². The van der Waals surface area contributed by atoms with Crippen LogP contribution in [-0.4, -0.2) is 58.5 Å². The smallest absolute Gasteiger partial charge is 0.319 e. The van der Waals surface area contributed by atoms with Gasteiger partial charge in [-0.2, -0.15) is 18.3 Å². The summed E-state index contributed by atoms with van der Waals surface area (Å²) in [7, 11) is 0. The highest BCUT2D eigenvalue weighted by Crippen LogP contribution is 2.44. The van der Waals surface area contributed by atoms with Crippen LogP contribution in [0.1, 0.15) is 47.3 Å². The second-order valence-electron chi connectivity index (χ2n) is 8.06. The molecule has 2 aromatic heterocycles. The highest BCUT2D eigenvalue weighted by molar-refractivity contribution is 7.10. The van der Waals surface area contributed by atoms with Crippen molar-refractivity contribution in [1.29, 1.82) is 0 Å². The van der Waals surface area contributed by atoms with Gasteiger partial charge in [0.1, 0.15) is 0 Å². The summed E-state index contributed by atoms with van der Waals surface area (Å²) < 4.78 is 39.3. The fourth-order valence-corrected chi connectivity index (χ4v) is 5.05. The molecule has 10 heteroatoms. The quantitative estimate of drug-likeness (QED) is 0.688. The van der Waals surface area contributed by atoms with Gasteiger partial charge in [-0.15, -0.1) is 11.3 Å². The lowest BCUT2D eigenvalue weighted by molar-refractivity contribution is -0.148. The lowest BCUT2D eigenvalue weighted by Crippen LogP contribution is -2.46. The van der Waals surface area contributed by atoms with Crippen molar-refractivity contribution in [2.75, 3.05) is 25.0 Å². The van der Waals surface area contributed by atoms with Gasteiger partial charge in [-0.3, -0.25) is 14.4 Å². The second kappa shape index (κ2) is 8.68. The normalized spacial score (nSPS) is 22.9. The van der Waals surface area contributed by atoms with Crippen LogP contribution in [0.4, 0.5) is 18.9 Å². The Kier molecular flexibility index (Phi) is 6.17. The third-order valence-corrected chi connectivity index (χ3v) is 6.76. The van der Waals surface area contributed by atoms with E-state index in [4.69, 9.17) is 0 Å². The van der Waals surface area contributed by atoms with Gasteiger partial charge in [-0.1, -0.05) is 0 Å². The largest absolute Gasteiger partial charge is 0.401 e. The number of carbonyl (C=O) groups is 1. The van der Waals surface area contributed by atoms with Gasteiger partial charge < -0.3 is 10.6 Å². The molecule has 2 aromatic rings. The Labute approximate surface area is 177 Å². The molecule has 3 heterocycles. The number of halogens is 3. The van der Waals surface area contributed by atoms with E-state index in [1.807, 2.05) is 18.4 Å². The first-order valence-electron chi connectivity index (χ1n) is 10.3. The summed E-state index contributed by atoms with van der Waals surface area (Å²) in [6.07, 6.45) is 1.79. The number of anilines is 1. The first-order valence-corrected chi connectivity index (χ1v) is 11.2. The summed E-state index contributed by atoms with van der Waals surface area (Å²) >= 11 is 1.59. The molecular formula is C20H26F3N5OS. The molecule has 0 aromatic carbocycles. The molecule has 0 bridgehead atoms. The van der Waals surface area contributed by atoms with Gasteiger partial charge in [0.2, 0.25) is 0 Å². The number of nitrogens with zero attached hydrogens (tertiary/aromatic N) is 3. The van der Waals surface area contributed by atoms with Crippen molar-refractivity contribution in [3.8, 4) is 0 Å². The lowest BCUT2D eigenvalue weighted by Gasteiger charge is -2.33. The molecule has 0 spiro atoms. The zero-order chi connectivity index (χ0) is 21.3. The first-order chi connectivity index (χ1) is 14.3. The summed E-state index contributed by atoms with van der Waals surface area (Å²) in [5.41, 5.74) is 1.32. The Morgan fingerprint density at radius 1 is 1.33 bits per heavy atom. The van der Waals surface area contributed by atoms with E-state index in [1.54, 1.807) is 28.4 Å². The van der Waals surface area contributed by atoms with Gasteiger partial charge in [0.15, 0.2) is 0 Å². The number of rotatable bonds is 7. The minimum Gasteiger partial charge on any atom is -0.319 e. The van der Waals surface area contributed by atoms with E-state index < -0.39 is 12.7 Å². The topological polar surface area (TPSA) is 62.2 Å². The molecule has 1 saturated carbocycles. The van der Waals surface area contributed by atoms with E-state index in [0.29, 0.717) is 36.3 Å². The Morgan fingerprint density at radius 3 is 2.77 bits per heavy atom. The van der Waals surface area contributed by atoms with Crippen LogP contribution in [0.15, 0.2) is 23.8 Å². The standard InChI is InChI=1S/C20H26F3N5OS/c1-2-28-10-15(9-24-28)26-19(29)13-7-18(30-11-13)16-8-17(16)25-14-3-5-27(6-4-14)12-20(21,22)23/h7,9-11,14,16-17,25H,2-6,8,12H2,1H3,(H,26,29). The van der Waals surface area contributed by atoms with Gasteiger partial charge in [0.25, 0.3) is 5.91 Å². The number of thiophene rings is 1. The molecule has 2 atom stereocenters. The second-order valence-corrected chi connectivity index (χ2v) is 9.00. The van der Waals surface area contributed by atoms with E-state index in [-0.39, 0.29) is 11.9 Å². The highest BCUT2D eigenvalue weighted by atomic mass is 32.1. The van der Waals surface area contributed by atoms with Crippen LogP contribution >= 0.6 is 11.3 Å². The maximum absolute atomic E-state index is 12.5. The molecule has 2 N–H and O–H groups in total. The molecule has 0 radical (unpaired) electrons. The monoisotopic (exact) mass is 441 g/mol. The van der Waals surface area contributed by atoms with Crippen molar-refractivity contribution in [2.24, 2.45) is 0 Å². The summed E-state index contributed by atoms with van der Waals surface area (Å²) in [6.45, 7) is 2.87. The SMILES string of the molecule is CCn1cc(NC(=O)c2csc(C3CC3NC3CCN(CC(F)(F)F)CC3)c2)cn1. The van der Waals surface area contributed by atoms with Crippen molar-refractivity contribution in [3.63, 3.8) is 0 Å². The van der Waals surface area contributed by atoms with Gasteiger partial charge in [0.05, 0.1) is 24.0 Å². The fourth-order valence-electron chi connectivity index (χ4n) is 3.98. The average Bonchev–Trinajstić information content (AvgIpc) is 3.08. The van der Waals surface area contributed by atoms with E-state index in [0.717, 1.165) is 25.8 Å². The third kappa shape index (κ3) is 5.41. The molecular weight excluding hydrogens is 415 g/mol. The van der Waals surface area contributed by atoms with Crippen molar-refractivity contribution < 1.29 is 18.0 Å². The predicted molar refractivity (Wildman–Crippen MR) is 110 cm³/mol. The number of carbonyl (C=O) groups excluding carboxylic acids is 1. The molecule has 2 aliphatic rings. The molecule has 1 aliphatic carbocycles. The molecule has 30 heavy (non-hydrogen) atoms. The van der Waals surface area contributed by atoms with Crippen LogP contribution in [-0.2, 0) is 6.54 Å². The van der Waals surface area contributed by atoms with Gasteiger partial charge in [0, 0.05) is 41.0 Å². The fraction of sp³-hybridized carbons (Fsp3) is 0.600. The molecule has 1 amide bonds. The Morgan fingerprint density at radius 2 is 2.10 bits per heavy atom. The van der Waals surface area contributed by atoms with E-state index in [9.17, 15) is 18.0 Å². The number of aromatic nitrogens is 2. The van der Waals surface area contributed by atoms with Crippen LogP contribution in [0.5, 0.6) is 0 Å². The zero-order valence-electron chi connectivity index (χ0n) is 16.8. The van der Waals surface area contributed by atoms with Crippen LogP contribution in [0.2, 0.25) is 0 Å². The Hall–Kier alpha value is -1.91. The molecule has 1 aliphatic heterocycles. The zero-order valence-corrected chi connectivity index (χ0v) is 17.6. The number of hydrogen-bond acceptors (Lipinski definition) is 5. The summed E-state index contributed by atoms with van der Waals surface area (Å²) in [6, 6.07) is 2.56. The van der Waals surface area contributed by atoms with Crippen LogP contribution in [0, 0.1) is 0 Å². The number of amides is 1. The Bertz CT molecular complexity index is 872. The van der Waals surface area contributed by atoms with Crippen LogP contribution in [0.25, 0.3) is 0 Å². The number of likely N-dealkylation sites (tertiary alicyclic amines) is 1. The van der Waals surface area contributed by atoms with Gasteiger partial charge >= 0.3 is 6.18 Å². The molecule has 4 rings (SSSR count). The summed E-state index contributed by atoms with van der Waals surface area (Å²) in [4.78, 5) is 15.1. The number of alkyl halides is 3. The number of nitrogens with one attached hydrogen (secondary N) is 2. The maximum Gasteiger partial charge on any atom is 0.401 e. The van der Waals surface area contributed by atoms with Crippen molar-refractivity contribution in [2.45, 2.75) is 56.9 Å². The van der Waals surface area contributed by atoms with E-state index >= 15 is 0 Å².